The molecule has 0 bridgehead atoms. The first kappa shape index (κ1) is 32.5. The number of ketones is 2. The molecule has 236 valence electrons. The van der Waals surface area contributed by atoms with Gasteiger partial charge in [-0.25, -0.2) is 0 Å². The smallest absolute Gasteiger partial charge is 0.323 e. The Morgan fingerprint density at radius 2 is 1.49 bits per heavy atom. The number of non-ortho nitro benzene ring substituents is 1. The maximum absolute atomic E-state index is 14.1. The highest BCUT2D eigenvalue weighted by Crippen LogP contribution is 2.57. The van der Waals surface area contributed by atoms with Crippen molar-refractivity contribution in [3.8, 4) is 11.5 Å². The van der Waals surface area contributed by atoms with Crippen LogP contribution in [-0.4, -0.2) is 43.9 Å². The van der Waals surface area contributed by atoms with E-state index in [9.17, 15) is 39.7 Å². The molecule has 5 rings (SSSR count). The van der Waals surface area contributed by atoms with Crippen molar-refractivity contribution in [1.82, 2.24) is 4.90 Å². The normalized spacial score (nSPS) is 19.3. The van der Waals surface area contributed by atoms with Crippen LogP contribution in [-0.2, 0) is 14.4 Å². The topological polar surface area (TPSA) is 170 Å². The predicted octanol–water partition coefficient (Wildman–Crippen LogP) is 7.59. The zero-order valence-electron chi connectivity index (χ0n) is 24.8. The Morgan fingerprint density at radius 1 is 0.933 bits per heavy atom. The van der Waals surface area contributed by atoms with Gasteiger partial charge in [0, 0.05) is 57.4 Å². The lowest BCUT2D eigenvalue weighted by atomic mass is 9.63. The molecule has 0 fully saturated rings. The average molecular weight is 747 g/mol. The molecule has 2 aromatic rings. The van der Waals surface area contributed by atoms with E-state index in [2.05, 4.69) is 31.9 Å². The summed E-state index contributed by atoms with van der Waals surface area (Å²) in [5.74, 6) is -2.77. The third-order valence-corrected chi connectivity index (χ3v) is 9.27. The van der Waals surface area contributed by atoms with Crippen LogP contribution in [0.15, 0.2) is 61.8 Å². The SMILES string of the molecule is CC1(C)CC(=O)C2=C(C1)N(CC(=O)O)C1=C(C(=O)CC(C)(C)C1)C2c1cc(Br)cc(Br)c1Oc1ccc([N+](=O)[O-])cc1[N+](=O)[O-]. The molecule has 0 atom stereocenters. The Balaban J connectivity index is 1.81. The minimum Gasteiger partial charge on any atom is -0.480 e. The molecule has 0 spiro atoms. The van der Waals surface area contributed by atoms with Crippen LogP contribution in [0.1, 0.15) is 64.9 Å². The molecule has 0 saturated heterocycles. The highest BCUT2D eigenvalue weighted by atomic mass is 79.9. The van der Waals surface area contributed by atoms with Gasteiger partial charge in [-0.3, -0.25) is 34.6 Å². The molecule has 12 nitrogen and oxygen atoms in total. The standard InChI is InChI=1S/C31H29Br2N3O9/c1-30(2)10-20-27(22(37)12-30)26(28-21(34(20)14-25(39)40)11-31(3,4)13-23(28)38)17-7-15(32)8-18(33)29(17)45-24-6-5-16(35(41)42)9-19(24)36(43)44/h5-9,26H,10-14H2,1-4H3,(H,39,40). The number of halogens is 2. The number of hydrogen-bond acceptors (Lipinski definition) is 9. The minimum absolute atomic E-state index is 0.0702. The van der Waals surface area contributed by atoms with E-state index in [0.29, 0.717) is 38.7 Å². The molecule has 0 radical (unpaired) electrons. The van der Waals surface area contributed by atoms with Gasteiger partial charge in [0.15, 0.2) is 11.6 Å². The molecule has 0 unspecified atom stereocenters. The number of nitro groups is 2. The van der Waals surface area contributed by atoms with Crippen LogP contribution in [0.4, 0.5) is 11.4 Å². The van der Waals surface area contributed by atoms with Crippen molar-refractivity contribution in [2.75, 3.05) is 6.54 Å². The van der Waals surface area contributed by atoms with E-state index in [1.165, 1.54) is 0 Å². The second-order valence-corrected chi connectivity index (χ2v) is 14.9. The number of carboxylic acid groups (broad SMARTS) is 1. The van der Waals surface area contributed by atoms with Gasteiger partial charge in [-0.15, -0.1) is 0 Å². The van der Waals surface area contributed by atoms with Crippen molar-refractivity contribution < 1.29 is 34.1 Å². The van der Waals surface area contributed by atoms with Gasteiger partial charge in [-0.05, 0) is 57.8 Å². The number of aliphatic carboxylic acids is 1. The van der Waals surface area contributed by atoms with E-state index in [-0.39, 0.29) is 47.1 Å². The molecule has 1 aliphatic heterocycles. The summed E-state index contributed by atoms with van der Waals surface area (Å²) in [5, 5.41) is 33.2. The Bertz CT molecular complexity index is 1720. The van der Waals surface area contributed by atoms with Gasteiger partial charge < -0.3 is 14.7 Å². The predicted molar refractivity (Wildman–Crippen MR) is 169 cm³/mol. The van der Waals surface area contributed by atoms with Crippen LogP contribution >= 0.6 is 31.9 Å². The van der Waals surface area contributed by atoms with Crippen LogP contribution in [0.2, 0.25) is 0 Å². The van der Waals surface area contributed by atoms with Gasteiger partial charge in [0.25, 0.3) is 5.69 Å². The molecule has 2 aromatic carbocycles. The molecule has 3 aliphatic rings. The van der Waals surface area contributed by atoms with Crippen LogP contribution in [0.25, 0.3) is 0 Å². The first-order chi connectivity index (χ1) is 20.9. The Hall–Kier alpha value is -3.91. The van der Waals surface area contributed by atoms with E-state index >= 15 is 0 Å². The maximum Gasteiger partial charge on any atom is 0.323 e. The van der Waals surface area contributed by atoms with Gasteiger partial charge >= 0.3 is 11.7 Å². The molecule has 45 heavy (non-hydrogen) atoms. The van der Waals surface area contributed by atoms with Gasteiger partial charge in [-0.1, -0.05) is 43.6 Å². The van der Waals surface area contributed by atoms with Gasteiger partial charge in [0.2, 0.25) is 5.75 Å². The van der Waals surface area contributed by atoms with Crippen molar-refractivity contribution in [1.29, 1.82) is 0 Å². The van der Waals surface area contributed by atoms with E-state index in [4.69, 9.17) is 4.74 Å². The lowest BCUT2D eigenvalue weighted by Gasteiger charge is -2.48. The number of rotatable bonds is 7. The first-order valence-corrected chi connectivity index (χ1v) is 15.6. The molecular weight excluding hydrogens is 718 g/mol. The van der Waals surface area contributed by atoms with Gasteiger partial charge in [0.1, 0.15) is 12.3 Å². The van der Waals surface area contributed by atoms with Crippen molar-refractivity contribution in [3.05, 3.63) is 87.6 Å². The fraction of sp³-hybridized carbons (Fsp3) is 0.387. The second-order valence-electron chi connectivity index (χ2n) is 13.1. The molecule has 1 N–H and O–H groups in total. The number of carbonyl (C=O) groups is 3. The molecule has 0 aromatic heterocycles. The average Bonchev–Trinajstić information content (AvgIpc) is 2.89. The van der Waals surface area contributed by atoms with E-state index in [1.807, 2.05) is 27.7 Å². The summed E-state index contributed by atoms with van der Waals surface area (Å²) in [6, 6.07) is 6.32. The number of Topliss-reactive ketones (excluding diaryl/α,β-unsaturated/α-hetero) is 2. The van der Waals surface area contributed by atoms with Crippen LogP contribution < -0.4 is 4.74 Å². The Labute approximate surface area is 274 Å². The number of benzene rings is 2. The number of ether oxygens (including phenoxy) is 1. The van der Waals surface area contributed by atoms with E-state index < -0.39 is 50.5 Å². The summed E-state index contributed by atoms with van der Waals surface area (Å²) in [6.07, 6.45) is 1.07. The third-order valence-electron chi connectivity index (χ3n) is 8.23. The Kier molecular flexibility index (Phi) is 8.28. The monoisotopic (exact) mass is 745 g/mol. The van der Waals surface area contributed by atoms with Crippen molar-refractivity contribution in [2.45, 2.75) is 59.3 Å². The largest absolute Gasteiger partial charge is 0.480 e. The van der Waals surface area contributed by atoms with Gasteiger partial charge in [-0.2, -0.15) is 0 Å². The summed E-state index contributed by atoms with van der Waals surface area (Å²) in [4.78, 5) is 63.7. The minimum atomic E-state index is -1.11. The van der Waals surface area contributed by atoms with Crippen LogP contribution in [0.5, 0.6) is 11.5 Å². The summed E-state index contributed by atoms with van der Waals surface area (Å²) >= 11 is 6.98. The molecule has 0 saturated carbocycles. The quantitative estimate of drug-likeness (QED) is 0.220. The zero-order valence-corrected chi connectivity index (χ0v) is 28.0. The number of carbonyl (C=O) groups excluding carboxylic acids is 2. The highest BCUT2D eigenvalue weighted by Gasteiger charge is 2.50. The highest BCUT2D eigenvalue weighted by molar-refractivity contribution is 9.11. The summed E-state index contributed by atoms with van der Waals surface area (Å²) in [6.45, 7) is 7.29. The number of nitro benzene ring substituents is 2. The zero-order chi connectivity index (χ0) is 33.2. The van der Waals surface area contributed by atoms with Crippen molar-refractivity contribution in [3.63, 3.8) is 0 Å². The summed E-state index contributed by atoms with van der Waals surface area (Å²) in [7, 11) is 0. The first-order valence-electron chi connectivity index (χ1n) is 14.0. The fourth-order valence-corrected chi connectivity index (χ4v) is 7.88. The number of hydrogen-bond donors (Lipinski definition) is 1. The molecule has 0 amide bonds. The number of nitrogens with zero attached hydrogens (tertiary/aromatic N) is 3. The lowest BCUT2D eigenvalue weighted by Crippen LogP contribution is -2.45. The van der Waals surface area contributed by atoms with E-state index in [0.717, 1.165) is 18.2 Å². The maximum atomic E-state index is 14.1. The van der Waals surface area contributed by atoms with Crippen molar-refractivity contribution in [2.24, 2.45) is 10.8 Å². The summed E-state index contributed by atoms with van der Waals surface area (Å²) in [5.41, 5.74) is -0.143. The summed E-state index contributed by atoms with van der Waals surface area (Å²) < 4.78 is 7.06. The molecular formula is C31H29Br2N3O9. The molecule has 14 heteroatoms. The van der Waals surface area contributed by atoms with Crippen molar-refractivity contribution >= 4 is 60.8 Å². The molecule has 2 aliphatic carbocycles. The number of allylic oxidation sites excluding steroid dienone is 4. The van der Waals surface area contributed by atoms with E-state index in [1.54, 1.807) is 17.0 Å². The third kappa shape index (κ3) is 6.17. The number of carboxylic acids is 1. The molecule has 1 heterocycles. The van der Waals surface area contributed by atoms with Gasteiger partial charge in [0.05, 0.1) is 20.4 Å². The van der Waals surface area contributed by atoms with Crippen LogP contribution in [0, 0.1) is 31.1 Å². The second kappa shape index (κ2) is 11.5. The Morgan fingerprint density at radius 3 is 1.98 bits per heavy atom. The van der Waals surface area contributed by atoms with Crippen LogP contribution in [0.3, 0.4) is 0 Å². The lowest BCUT2D eigenvalue weighted by molar-refractivity contribution is -0.394. The fourth-order valence-electron chi connectivity index (χ4n) is 6.55.